The summed E-state index contributed by atoms with van der Waals surface area (Å²) >= 11 is 0. The molecule has 0 saturated carbocycles. The van der Waals surface area contributed by atoms with Gasteiger partial charge in [-0.1, -0.05) is 12.1 Å². The third-order valence-corrected chi connectivity index (χ3v) is 3.76. The Balaban J connectivity index is 2.04. The van der Waals surface area contributed by atoms with E-state index in [2.05, 4.69) is 4.74 Å². The van der Waals surface area contributed by atoms with Crippen molar-refractivity contribution in [2.45, 2.75) is 33.3 Å². The maximum absolute atomic E-state index is 12.0. The fraction of sp³-hybridized carbons (Fsp3) is 0.353. The van der Waals surface area contributed by atoms with Gasteiger partial charge in [0.05, 0.1) is 19.8 Å². The maximum Gasteiger partial charge on any atom is 0.413 e. The van der Waals surface area contributed by atoms with Crippen molar-refractivity contribution >= 4 is 28.9 Å². The second kappa shape index (κ2) is 7.16. The molecule has 1 heterocycles. The van der Waals surface area contributed by atoms with Crippen LogP contribution in [0.2, 0.25) is 0 Å². The molecular weight excluding hydrogens is 314 g/mol. The molecule has 0 aliphatic rings. The van der Waals surface area contributed by atoms with Gasteiger partial charge in [-0.2, -0.15) is 0 Å². The molecular formula is C17H19NO6. The second-order valence-corrected chi connectivity index (χ2v) is 5.43. The van der Waals surface area contributed by atoms with E-state index in [1.807, 2.05) is 31.3 Å². The molecule has 1 N–H and O–H groups in total. The zero-order chi connectivity index (χ0) is 17.9. The van der Waals surface area contributed by atoms with E-state index in [0.717, 1.165) is 29.2 Å². The Hall–Kier alpha value is -2.83. The summed E-state index contributed by atoms with van der Waals surface area (Å²) in [6.07, 6.45) is -0.545. The van der Waals surface area contributed by atoms with Crippen molar-refractivity contribution in [3.05, 3.63) is 35.1 Å². The normalized spacial score (nSPS) is 11.8. The van der Waals surface area contributed by atoms with Crippen LogP contribution in [0.1, 0.15) is 23.6 Å². The molecule has 0 aliphatic heterocycles. The van der Waals surface area contributed by atoms with Crippen LogP contribution in [0.4, 0.5) is 4.79 Å². The number of aryl methyl sites for hydroxylation is 2. The van der Waals surface area contributed by atoms with Gasteiger partial charge in [0.15, 0.2) is 6.10 Å². The van der Waals surface area contributed by atoms with Gasteiger partial charge in [0, 0.05) is 10.9 Å². The van der Waals surface area contributed by atoms with Crippen molar-refractivity contribution in [1.29, 1.82) is 0 Å². The number of hydrogen-bond donors (Lipinski definition) is 1. The molecule has 1 aromatic heterocycles. The highest BCUT2D eigenvalue weighted by molar-refractivity contribution is 5.95. The molecule has 0 unspecified atom stereocenters. The summed E-state index contributed by atoms with van der Waals surface area (Å²) in [5, 5.41) is 2.78. The number of nitrogens with one attached hydrogen (secondary N) is 1. The van der Waals surface area contributed by atoms with Crippen LogP contribution in [0.25, 0.3) is 11.0 Å². The molecule has 0 radical (unpaired) electrons. The Morgan fingerprint density at radius 3 is 2.62 bits per heavy atom. The number of fused-ring (bicyclic) bond motifs is 1. The van der Waals surface area contributed by atoms with Gasteiger partial charge in [-0.05, 0) is 31.9 Å². The van der Waals surface area contributed by atoms with Crippen molar-refractivity contribution in [1.82, 2.24) is 5.32 Å². The van der Waals surface area contributed by atoms with Gasteiger partial charge in [-0.3, -0.25) is 14.9 Å². The van der Waals surface area contributed by atoms with E-state index in [1.54, 1.807) is 0 Å². The minimum Gasteiger partial charge on any atom is -0.464 e. The first-order valence-electron chi connectivity index (χ1n) is 7.38. The lowest BCUT2D eigenvalue weighted by Crippen LogP contribution is -2.39. The zero-order valence-electron chi connectivity index (χ0n) is 14.0. The second-order valence-electron chi connectivity index (χ2n) is 5.43. The van der Waals surface area contributed by atoms with Crippen LogP contribution >= 0.6 is 0 Å². The summed E-state index contributed by atoms with van der Waals surface area (Å²) < 4.78 is 14.9. The molecule has 0 bridgehead atoms. The van der Waals surface area contributed by atoms with E-state index < -0.39 is 24.1 Å². The first-order valence-corrected chi connectivity index (χ1v) is 7.38. The number of carbonyl (C=O) groups is 3. The van der Waals surface area contributed by atoms with Crippen LogP contribution in [0.3, 0.4) is 0 Å². The van der Waals surface area contributed by atoms with E-state index >= 15 is 0 Å². The molecule has 128 valence electrons. The van der Waals surface area contributed by atoms with E-state index in [9.17, 15) is 14.4 Å². The molecule has 0 aliphatic carbocycles. The standard InChI is InChI=1S/C17H19NO6/c1-9-5-6-13-12(8-23-15(13)10(9)2)7-14(19)24-11(3)16(20)18-17(21)22-4/h5-6,8,11H,7H2,1-4H3,(H,18,20,21)/t11-/m1/s1. The predicted molar refractivity (Wildman–Crippen MR) is 85.5 cm³/mol. The van der Waals surface area contributed by atoms with Crippen LogP contribution in [-0.2, 0) is 25.5 Å². The van der Waals surface area contributed by atoms with Crippen LogP contribution in [0.15, 0.2) is 22.8 Å². The Morgan fingerprint density at radius 2 is 1.96 bits per heavy atom. The van der Waals surface area contributed by atoms with Gasteiger partial charge in [-0.15, -0.1) is 0 Å². The molecule has 2 amide bonds. The third kappa shape index (κ3) is 3.73. The summed E-state index contributed by atoms with van der Waals surface area (Å²) in [6, 6.07) is 3.84. The molecule has 0 saturated heterocycles. The number of esters is 1. The van der Waals surface area contributed by atoms with Gasteiger partial charge < -0.3 is 13.9 Å². The highest BCUT2D eigenvalue weighted by Crippen LogP contribution is 2.26. The molecule has 2 aromatic rings. The average Bonchev–Trinajstić information content (AvgIpc) is 2.94. The Kier molecular flexibility index (Phi) is 5.23. The lowest BCUT2D eigenvalue weighted by atomic mass is 10.0. The Bertz CT molecular complexity index is 792. The number of hydrogen-bond acceptors (Lipinski definition) is 6. The van der Waals surface area contributed by atoms with Crippen LogP contribution in [0, 0.1) is 13.8 Å². The molecule has 1 atom stereocenters. The van der Waals surface area contributed by atoms with Crippen molar-refractivity contribution in [3.8, 4) is 0 Å². The van der Waals surface area contributed by atoms with E-state index in [1.165, 1.54) is 13.2 Å². The Morgan fingerprint density at radius 1 is 1.25 bits per heavy atom. The van der Waals surface area contributed by atoms with Crippen molar-refractivity contribution in [2.24, 2.45) is 0 Å². The molecule has 1 aromatic carbocycles. The maximum atomic E-state index is 12.0. The lowest BCUT2D eigenvalue weighted by Gasteiger charge is -2.12. The van der Waals surface area contributed by atoms with Gasteiger partial charge in [0.2, 0.25) is 0 Å². The lowest BCUT2D eigenvalue weighted by molar-refractivity contribution is -0.153. The topological polar surface area (TPSA) is 94.8 Å². The number of rotatable bonds is 4. The van der Waals surface area contributed by atoms with Crippen LogP contribution < -0.4 is 5.32 Å². The predicted octanol–water partition coefficient (Wildman–Crippen LogP) is 2.41. The molecule has 24 heavy (non-hydrogen) atoms. The van der Waals surface area contributed by atoms with E-state index in [4.69, 9.17) is 9.15 Å². The van der Waals surface area contributed by atoms with Crippen LogP contribution in [-0.4, -0.2) is 31.2 Å². The van der Waals surface area contributed by atoms with Crippen LogP contribution in [0.5, 0.6) is 0 Å². The monoisotopic (exact) mass is 333 g/mol. The number of ether oxygens (including phenoxy) is 2. The summed E-state index contributed by atoms with van der Waals surface area (Å²) in [5.74, 6) is -1.35. The van der Waals surface area contributed by atoms with Gasteiger partial charge >= 0.3 is 12.1 Å². The molecule has 0 spiro atoms. The molecule has 2 rings (SSSR count). The first kappa shape index (κ1) is 17.5. The van der Waals surface area contributed by atoms with Gasteiger partial charge in [0.1, 0.15) is 5.58 Å². The fourth-order valence-electron chi connectivity index (χ4n) is 2.23. The highest BCUT2D eigenvalue weighted by Gasteiger charge is 2.21. The van der Waals surface area contributed by atoms with Crippen molar-refractivity contribution in [2.75, 3.05) is 7.11 Å². The average molecular weight is 333 g/mol. The number of furan rings is 1. The molecule has 0 fully saturated rings. The Labute approximate surface area is 138 Å². The van der Waals surface area contributed by atoms with Crippen molar-refractivity contribution < 1.29 is 28.3 Å². The summed E-state index contributed by atoms with van der Waals surface area (Å²) in [6.45, 7) is 5.30. The summed E-state index contributed by atoms with van der Waals surface area (Å²) in [4.78, 5) is 34.6. The highest BCUT2D eigenvalue weighted by atomic mass is 16.6. The smallest absolute Gasteiger partial charge is 0.413 e. The number of methoxy groups -OCH3 is 1. The quantitative estimate of drug-likeness (QED) is 0.863. The SMILES string of the molecule is COC(=O)NC(=O)[C@@H](C)OC(=O)Cc1coc2c(C)c(C)ccc12. The number of carbonyl (C=O) groups excluding carboxylic acids is 3. The minimum absolute atomic E-state index is 0.0364. The number of alkyl carbamates (subject to hydrolysis) is 1. The van der Waals surface area contributed by atoms with Gasteiger partial charge in [-0.25, -0.2) is 4.79 Å². The number of amides is 2. The number of benzene rings is 1. The minimum atomic E-state index is -1.11. The molecule has 7 nitrogen and oxygen atoms in total. The van der Waals surface area contributed by atoms with Gasteiger partial charge in [0.25, 0.3) is 5.91 Å². The zero-order valence-corrected chi connectivity index (χ0v) is 14.0. The van der Waals surface area contributed by atoms with Crippen molar-refractivity contribution in [3.63, 3.8) is 0 Å². The summed E-state index contributed by atoms with van der Waals surface area (Å²) in [7, 11) is 1.13. The van der Waals surface area contributed by atoms with E-state index in [-0.39, 0.29) is 6.42 Å². The van der Waals surface area contributed by atoms with E-state index in [0.29, 0.717) is 5.56 Å². The summed E-state index contributed by atoms with van der Waals surface area (Å²) in [5.41, 5.74) is 3.52. The first-order chi connectivity index (χ1) is 11.3. The molecule has 7 heteroatoms. The number of imide groups is 1. The fourth-order valence-corrected chi connectivity index (χ4v) is 2.23. The third-order valence-electron chi connectivity index (χ3n) is 3.76. The largest absolute Gasteiger partial charge is 0.464 e.